The number of aromatic nitrogens is 2. The highest BCUT2D eigenvalue weighted by Gasteiger charge is 2.59. The predicted molar refractivity (Wildman–Crippen MR) is 211 cm³/mol. The largest absolute Gasteiger partial charge is 0.470 e. The fourth-order valence-electron chi connectivity index (χ4n) is 8.18. The summed E-state index contributed by atoms with van der Waals surface area (Å²) in [5.74, 6) is -0.539. The number of hydrogen-bond donors (Lipinski definition) is 3. The monoisotopic (exact) mass is 761 g/mol. The fraction of sp³-hybridized carbons (Fsp3) is 0.286. The number of rotatable bonds is 9. The summed E-state index contributed by atoms with van der Waals surface area (Å²) in [5, 5.41) is -0.261. The molecular weight excluding hydrogens is 718 g/mol. The van der Waals surface area contributed by atoms with Crippen LogP contribution in [0.5, 0.6) is 0 Å². The van der Waals surface area contributed by atoms with Crippen molar-refractivity contribution in [2.24, 2.45) is 0 Å². The van der Waals surface area contributed by atoms with Crippen molar-refractivity contribution < 1.29 is 28.0 Å². The van der Waals surface area contributed by atoms with Crippen LogP contribution >= 0.6 is 7.82 Å². The van der Waals surface area contributed by atoms with Crippen LogP contribution in [0.25, 0.3) is 22.3 Å². The number of anilines is 1. The number of hydrogen-bond acceptors (Lipinski definition) is 7. The molecule has 1 aliphatic heterocycles. The third-order valence-electron chi connectivity index (χ3n) is 11.7. The summed E-state index contributed by atoms with van der Waals surface area (Å²) in [6, 6.07) is 30.9. The molecule has 12 heteroatoms. The molecule has 0 saturated carbocycles. The minimum Gasteiger partial charge on any atom is -0.465 e. The molecule has 2 atom stereocenters. The van der Waals surface area contributed by atoms with E-state index in [1.165, 1.54) is 15.7 Å². The van der Waals surface area contributed by atoms with Crippen molar-refractivity contribution >= 4 is 22.0 Å². The second kappa shape index (κ2) is 13.0. The number of phosphoric ester groups is 1. The maximum Gasteiger partial charge on any atom is 0.470 e. The molecule has 4 N–H and O–H groups in total. The third kappa shape index (κ3) is 6.09. The first kappa shape index (κ1) is 36.4. The van der Waals surface area contributed by atoms with Gasteiger partial charge in [0, 0.05) is 6.20 Å². The first-order valence-electron chi connectivity index (χ1n) is 18.1. The second-order valence-corrected chi connectivity index (χ2v) is 21.9. The molecule has 1 aromatic heterocycles. The highest BCUT2D eigenvalue weighted by Crippen LogP contribution is 2.56. The topological polar surface area (TPSA) is 146 Å². The summed E-state index contributed by atoms with van der Waals surface area (Å²) >= 11 is 0. The van der Waals surface area contributed by atoms with Gasteiger partial charge in [0.1, 0.15) is 24.3 Å². The molecule has 10 nitrogen and oxygen atoms in total. The Kier molecular flexibility index (Phi) is 8.76. The average molecular weight is 762 g/mol. The molecule has 2 aliphatic carbocycles. The van der Waals surface area contributed by atoms with E-state index < -0.39 is 46.2 Å². The van der Waals surface area contributed by atoms with Gasteiger partial charge in [0.05, 0.1) is 5.92 Å². The van der Waals surface area contributed by atoms with Gasteiger partial charge in [-0.3, -0.25) is 9.09 Å². The lowest BCUT2D eigenvalue weighted by Crippen LogP contribution is -2.58. The van der Waals surface area contributed by atoms with Crippen LogP contribution in [-0.4, -0.2) is 40.4 Å². The van der Waals surface area contributed by atoms with Crippen molar-refractivity contribution in [2.45, 2.75) is 69.5 Å². The van der Waals surface area contributed by atoms with Gasteiger partial charge in [-0.1, -0.05) is 106 Å². The number of phosphoric acid groups is 1. The van der Waals surface area contributed by atoms with Crippen LogP contribution in [0.4, 0.5) is 5.82 Å². The van der Waals surface area contributed by atoms with Gasteiger partial charge >= 0.3 is 13.5 Å². The van der Waals surface area contributed by atoms with Gasteiger partial charge in [0.15, 0.2) is 8.32 Å². The Hall–Kier alpha value is -4.61. The lowest BCUT2D eigenvalue weighted by atomic mass is 9.75. The molecule has 0 unspecified atom stereocenters. The Morgan fingerprint density at radius 2 is 1.43 bits per heavy atom. The molecular formula is C42H44N3O7PSi. The highest BCUT2D eigenvalue weighted by molar-refractivity contribution is 7.46. The predicted octanol–water partition coefficient (Wildman–Crippen LogP) is 7.87. The van der Waals surface area contributed by atoms with Crippen molar-refractivity contribution in [1.29, 1.82) is 0 Å². The molecule has 54 heavy (non-hydrogen) atoms. The van der Waals surface area contributed by atoms with Crippen LogP contribution in [0.1, 0.15) is 60.1 Å². The Morgan fingerprint density at radius 1 is 0.889 bits per heavy atom. The molecule has 0 radical (unpaired) electrons. The van der Waals surface area contributed by atoms with E-state index in [4.69, 9.17) is 19.4 Å². The summed E-state index contributed by atoms with van der Waals surface area (Å²) in [6.45, 7) is 10.1. The van der Waals surface area contributed by atoms with E-state index in [9.17, 15) is 19.1 Å². The smallest absolute Gasteiger partial charge is 0.465 e. The Balaban J connectivity index is 1.46. The van der Waals surface area contributed by atoms with Crippen molar-refractivity contribution in [1.82, 2.24) is 9.55 Å². The van der Waals surface area contributed by atoms with E-state index in [-0.39, 0.29) is 16.6 Å². The zero-order valence-corrected chi connectivity index (χ0v) is 32.8. The average Bonchev–Trinajstić information content (AvgIpc) is 3.79. The van der Waals surface area contributed by atoms with Crippen LogP contribution in [0, 0.1) is 0 Å². The number of ether oxygens (including phenoxy) is 1. The summed E-state index contributed by atoms with van der Waals surface area (Å²) < 4.78 is 33.1. The van der Waals surface area contributed by atoms with Crippen molar-refractivity contribution in [3.63, 3.8) is 0 Å². The standard InChI is InChI=1S/C42H44N3O7PSi/c1-41(2,3)54(4,5)52-37-24-28(25-50-53(47,48)49)51-42(37,45-21-20-38(43)44-40(45)46)39(33-18-10-16-31-29-14-8-6-12-26(29)22-35(31)33)34-19-11-17-32-30-15-9-7-13-27(30)23-36(32)34/h6-21,24,37,39H,22-23,25H2,1-5H3,(H2,43,44,46)(H2,47,48,49)/t37-,42+/m1/s1. The normalized spacial score (nSPS) is 18.9. The van der Waals surface area contributed by atoms with Gasteiger partial charge in [-0.15, -0.1) is 0 Å². The lowest BCUT2D eigenvalue weighted by molar-refractivity contribution is -0.126. The summed E-state index contributed by atoms with van der Waals surface area (Å²) in [4.78, 5) is 38.3. The SMILES string of the molecule is CC(C)(C)[Si](C)(C)O[C@@H]1C=C(COP(=O)(O)O)O[C@@]1(C(c1cccc2c1Cc1ccccc1-2)c1cccc2c1Cc1ccccc1-2)n1ccc(N)nc1=O. The zero-order chi connectivity index (χ0) is 38.2. The van der Waals surface area contributed by atoms with E-state index in [0.717, 1.165) is 44.5 Å². The van der Waals surface area contributed by atoms with Gasteiger partial charge < -0.3 is 24.7 Å². The Labute approximate surface area is 315 Å². The Morgan fingerprint density at radius 3 is 1.94 bits per heavy atom. The number of nitrogens with two attached hydrogens (primary N) is 1. The quantitative estimate of drug-likeness (QED) is 0.0989. The minimum atomic E-state index is -4.91. The third-order valence-corrected chi connectivity index (χ3v) is 16.6. The summed E-state index contributed by atoms with van der Waals surface area (Å²) in [5.41, 5.74) is 14.7. The fourth-order valence-corrected chi connectivity index (χ4v) is 9.70. The van der Waals surface area contributed by atoms with Crippen LogP contribution in [-0.2, 0) is 36.8 Å². The lowest BCUT2D eigenvalue weighted by Gasteiger charge is -2.47. The van der Waals surface area contributed by atoms with E-state index in [0.29, 0.717) is 12.8 Å². The molecule has 0 amide bonds. The zero-order valence-electron chi connectivity index (χ0n) is 30.9. The number of fused-ring (bicyclic) bond motifs is 6. The van der Waals surface area contributed by atoms with E-state index in [1.54, 1.807) is 18.3 Å². The van der Waals surface area contributed by atoms with Gasteiger partial charge in [0.25, 0.3) is 0 Å². The number of nitrogen functional groups attached to an aromatic ring is 1. The number of benzene rings is 4. The molecule has 0 saturated heterocycles. The maximum atomic E-state index is 14.4. The Bertz CT molecular complexity index is 2350. The van der Waals surface area contributed by atoms with Crippen molar-refractivity contribution in [3.8, 4) is 22.3 Å². The molecule has 0 fully saturated rings. The van der Waals surface area contributed by atoms with Crippen LogP contribution in [0.2, 0.25) is 18.1 Å². The molecule has 2 heterocycles. The van der Waals surface area contributed by atoms with E-state index >= 15 is 0 Å². The first-order valence-corrected chi connectivity index (χ1v) is 22.5. The van der Waals surface area contributed by atoms with Crippen LogP contribution in [0.3, 0.4) is 0 Å². The van der Waals surface area contributed by atoms with E-state index in [2.05, 4.69) is 87.4 Å². The van der Waals surface area contributed by atoms with Crippen molar-refractivity contribution in [3.05, 3.63) is 153 Å². The molecule has 0 bridgehead atoms. The second-order valence-electron chi connectivity index (χ2n) is 15.9. The first-order chi connectivity index (χ1) is 25.6. The highest BCUT2D eigenvalue weighted by atomic mass is 31.2. The molecule has 3 aliphatic rings. The van der Waals surface area contributed by atoms with E-state index in [1.807, 2.05) is 36.4 Å². The summed E-state index contributed by atoms with van der Waals surface area (Å²) in [6.07, 6.45) is 3.69. The van der Waals surface area contributed by atoms with Gasteiger partial charge in [-0.2, -0.15) is 4.98 Å². The number of nitrogens with zero attached hydrogens (tertiary/aromatic N) is 2. The molecule has 5 aromatic rings. The maximum absolute atomic E-state index is 14.4. The van der Waals surface area contributed by atoms with Crippen LogP contribution in [0.15, 0.2) is 114 Å². The molecule has 4 aromatic carbocycles. The molecule has 0 spiro atoms. The summed E-state index contributed by atoms with van der Waals surface area (Å²) in [7, 11) is -7.60. The van der Waals surface area contributed by atoms with Gasteiger partial charge in [0.2, 0.25) is 5.72 Å². The molecule has 8 rings (SSSR count). The van der Waals surface area contributed by atoms with Gasteiger partial charge in [-0.05, 0) is 98.8 Å². The van der Waals surface area contributed by atoms with Crippen molar-refractivity contribution in [2.75, 3.05) is 12.3 Å². The minimum absolute atomic E-state index is 0.0490. The van der Waals surface area contributed by atoms with Gasteiger partial charge in [-0.25, -0.2) is 9.36 Å². The molecule has 278 valence electrons. The van der Waals surface area contributed by atoms with Crippen LogP contribution < -0.4 is 11.4 Å².